The Bertz CT molecular complexity index is 745. The molecule has 1 heterocycles. The van der Waals surface area contributed by atoms with Crippen LogP contribution in [-0.4, -0.2) is 4.98 Å². The molecule has 0 saturated heterocycles. The van der Waals surface area contributed by atoms with E-state index in [1.165, 1.54) is 27.7 Å². The maximum Gasteiger partial charge on any atom is 0.304 e. The van der Waals surface area contributed by atoms with Crippen molar-refractivity contribution < 1.29 is 0 Å². The molecule has 0 aliphatic carbocycles. The third-order valence-electron chi connectivity index (χ3n) is 3.03. The van der Waals surface area contributed by atoms with Crippen LogP contribution in [0.5, 0.6) is 0 Å². The van der Waals surface area contributed by atoms with Crippen LogP contribution in [-0.2, 0) is 13.1 Å². The highest BCUT2D eigenvalue weighted by Gasteiger charge is 1.98. The summed E-state index contributed by atoms with van der Waals surface area (Å²) < 4.78 is 0. The molecule has 0 spiro atoms. The van der Waals surface area contributed by atoms with E-state index >= 15 is 0 Å². The lowest BCUT2D eigenvalue weighted by Crippen LogP contribution is -2.13. The van der Waals surface area contributed by atoms with Gasteiger partial charge in [0.1, 0.15) is 0 Å². The Labute approximate surface area is 114 Å². The monoisotopic (exact) mass is 270 g/mol. The van der Waals surface area contributed by atoms with Gasteiger partial charge in [-0.15, -0.1) is 0 Å². The lowest BCUT2D eigenvalue weighted by atomic mass is 10.1. The van der Waals surface area contributed by atoms with Crippen molar-refractivity contribution >= 4 is 22.1 Å². The zero-order chi connectivity index (χ0) is 13.1. The predicted molar refractivity (Wildman–Crippen MR) is 79.4 cm³/mol. The summed E-state index contributed by atoms with van der Waals surface area (Å²) in [5.41, 5.74) is 2.19. The SMILES string of the molecule is O=c1[nH]c(CNCc2ccc3ccccc3c2)cs1. The second-order valence-corrected chi connectivity index (χ2v) is 5.30. The van der Waals surface area contributed by atoms with Gasteiger partial charge in [-0.25, -0.2) is 0 Å². The normalized spacial score (nSPS) is 10.9. The molecule has 3 nitrogen and oxygen atoms in total. The number of aromatic amines is 1. The van der Waals surface area contributed by atoms with Gasteiger partial charge in [-0.05, 0) is 22.4 Å². The van der Waals surface area contributed by atoms with Gasteiger partial charge in [-0.1, -0.05) is 47.7 Å². The first kappa shape index (κ1) is 12.1. The molecule has 0 aliphatic heterocycles. The van der Waals surface area contributed by atoms with E-state index in [-0.39, 0.29) is 4.87 Å². The third kappa shape index (κ3) is 2.92. The zero-order valence-corrected chi connectivity index (χ0v) is 11.2. The minimum atomic E-state index is 0.00232. The molecule has 3 aromatic rings. The molecule has 0 atom stereocenters. The predicted octanol–water partition coefficient (Wildman–Crippen LogP) is 2.88. The van der Waals surface area contributed by atoms with Crippen LogP contribution in [0.2, 0.25) is 0 Å². The highest BCUT2D eigenvalue weighted by molar-refractivity contribution is 7.07. The molecule has 2 aromatic carbocycles. The molecule has 2 N–H and O–H groups in total. The van der Waals surface area contributed by atoms with Crippen molar-refractivity contribution in [2.24, 2.45) is 0 Å². The minimum Gasteiger partial charge on any atom is -0.315 e. The Morgan fingerprint density at radius 2 is 1.89 bits per heavy atom. The van der Waals surface area contributed by atoms with Crippen LogP contribution < -0.4 is 10.2 Å². The van der Waals surface area contributed by atoms with Crippen LogP contribution in [0.25, 0.3) is 10.8 Å². The van der Waals surface area contributed by atoms with Gasteiger partial charge in [0, 0.05) is 24.2 Å². The third-order valence-corrected chi connectivity index (χ3v) is 3.75. The van der Waals surface area contributed by atoms with Gasteiger partial charge in [-0.2, -0.15) is 0 Å². The van der Waals surface area contributed by atoms with Gasteiger partial charge in [0.2, 0.25) is 0 Å². The molecule has 19 heavy (non-hydrogen) atoms. The lowest BCUT2D eigenvalue weighted by Gasteiger charge is -2.05. The molecule has 0 amide bonds. The van der Waals surface area contributed by atoms with E-state index in [2.05, 4.69) is 46.7 Å². The highest BCUT2D eigenvalue weighted by Crippen LogP contribution is 2.15. The quantitative estimate of drug-likeness (QED) is 0.765. The number of benzene rings is 2. The molecule has 1 aromatic heterocycles. The Morgan fingerprint density at radius 1 is 1.05 bits per heavy atom. The molecule has 4 heteroatoms. The highest BCUT2D eigenvalue weighted by atomic mass is 32.1. The molecule has 0 aliphatic rings. The summed E-state index contributed by atoms with van der Waals surface area (Å²) in [6.45, 7) is 1.48. The van der Waals surface area contributed by atoms with E-state index in [4.69, 9.17) is 0 Å². The van der Waals surface area contributed by atoms with Crippen LogP contribution in [0, 0.1) is 0 Å². The first-order valence-electron chi connectivity index (χ1n) is 6.16. The summed E-state index contributed by atoms with van der Waals surface area (Å²) in [6, 6.07) is 14.8. The van der Waals surface area contributed by atoms with E-state index < -0.39 is 0 Å². The fraction of sp³-hybridized carbons (Fsp3) is 0.133. The zero-order valence-electron chi connectivity index (χ0n) is 10.3. The van der Waals surface area contributed by atoms with E-state index in [1.807, 2.05) is 11.4 Å². The average Bonchev–Trinajstić information content (AvgIpc) is 2.84. The van der Waals surface area contributed by atoms with Gasteiger partial charge < -0.3 is 10.3 Å². The van der Waals surface area contributed by atoms with Crippen LogP contribution in [0.1, 0.15) is 11.3 Å². The number of aromatic nitrogens is 1. The van der Waals surface area contributed by atoms with Crippen molar-refractivity contribution in [3.8, 4) is 0 Å². The van der Waals surface area contributed by atoms with E-state index in [1.54, 1.807) is 0 Å². The van der Waals surface area contributed by atoms with Crippen molar-refractivity contribution in [1.29, 1.82) is 0 Å². The van der Waals surface area contributed by atoms with Gasteiger partial charge >= 0.3 is 4.87 Å². The summed E-state index contributed by atoms with van der Waals surface area (Å²) >= 11 is 1.20. The summed E-state index contributed by atoms with van der Waals surface area (Å²) in [6.07, 6.45) is 0. The van der Waals surface area contributed by atoms with E-state index in [0.717, 1.165) is 12.2 Å². The number of hydrogen-bond acceptors (Lipinski definition) is 3. The van der Waals surface area contributed by atoms with Gasteiger partial charge in [-0.3, -0.25) is 4.79 Å². The Hall–Kier alpha value is -1.91. The van der Waals surface area contributed by atoms with Crippen molar-refractivity contribution in [3.05, 3.63) is 68.8 Å². The Morgan fingerprint density at radius 3 is 2.68 bits per heavy atom. The van der Waals surface area contributed by atoms with Gasteiger partial charge in [0.15, 0.2) is 0 Å². The summed E-state index contributed by atoms with van der Waals surface area (Å²) in [7, 11) is 0. The van der Waals surface area contributed by atoms with Gasteiger partial charge in [0.05, 0.1) is 0 Å². The van der Waals surface area contributed by atoms with E-state index in [9.17, 15) is 4.79 Å². The molecule has 0 bridgehead atoms. The van der Waals surface area contributed by atoms with Crippen LogP contribution in [0.15, 0.2) is 52.6 Å². The van der Waals surface area contributed by atoms with Crippen molar-refractivity contribution in [3.63, 3.8) is 0 Å². The molecule has 0 radical (unpaired) electrons. The largest absolute Gasteiger partial charge is 0.315 e. The summed E-state index contributed by atoms with van der Waals surface area (Å²) in [5.74, 6) is 0. The number of rotatable bonds is 4. The fourth-order valence-corrected chi connectivity index (χ4v) is 2.67. The number of fused-ring (bicyclic) bond motifs is 1. The van der Waals surface area contributed by atoms with Crippen LogP contribution in [0.3, 0.4) is 0 Å². The number of hydrogen-bond donors (Lipinski definition) is 2. The number of nitrogens with one attached hydrogen (secondary N) is 2. The lowest BCUT2D eigenvalue weighted by molar-refractivity contribution is 0.682. The maximum absolute atomic E-state index is 11.0. The summed E-state index contributed by atoms with van der Waals surface area (Å²) in [4.78, 5) is 13.8. The standard InChI is InChI=1S/C15H14N2OS/c18-15-17-14(10-19-15)9-16-8-11-5-6-12-3-1-2-4-13(12)7-11/h1-7,10,16H,8-9H2,(H,17,18). The molecule has 96 valence electrons. The van der Waals surface area contributed by atoms with Gasteiger partial charge in [0.25, 0.3) is 0 Å². The van der Waals surface area contributed by atoms with Crippen LogP contribution in [0.4, 0.5) is 0 Å². The Balaban J connectivity index is 1.66. The molecule has 0 saturated carbocycles. The van der Waals surface area contributed by atoms with Crippen molar-refractivity contribution in [2.45, 2.75) is 13.1 Å². The average molecular weight is 270 g/mol. The molecular formula is C15H14N2OS. The van der Waals surface area contributed by atoms with Crippen molar-refractivity contribution in [1.82, 2.24) is 10.3 Å². The molecule has 0 fully saturated rings. The van der Waals surface area contributed by atoms with E-state index in [0.29, 0.717) is 6.54 Å². The first-order chi connectivity index (χ1) is 9.31. The second-order valence-electron chi connectivity index (χ2n) is 4.46. The first-order valence-corrected chi connectivity index (χ1v) is 7.04. The summed E-state index contributed by atoms with van der Waals surface area (Å²) in [5, 5.41) is 7.70. The maximum atomic E-state index is 11.0. The Kier molecular flexibility index (Phi) is 3.44. The van der Waals surface area contributed by atoms with Crippen LogP contribution >= 0.6 is 11.3 Å². The number of H-pyrrole nitrogens is 1. The minimum absolute atomic E-state index is 0.00232. The molecular weight excluding hydrogens is 256 g/mol. The number of thiazole rings is 1. The smallest absolute Gasteiger partial charge is 0.304 e. The molecule has 0 unspecified atom stereocenters. The topological polar surface area (TPSA) is 44.9 Å². The van der Waals surface area contributed by atoms with Crippen molar-refractivity contribution in [2.75, 3.05) is 0 Å². The molecule has 3 rings (SSSR count). The second kappa shape index (κ2) is 5.38. The fourth-order valence-electron chi connectivity index (χ4n) is 2.09.